The quantitative estimate of drug-likeness (QED) is 0.605. The molecule has 0 bridgehead atoms. The van der Waals surface area contributed by atoms with Crippen LogP contribution in [0.5, 0.6) is 23.0 Å². The summed E-state index contributed by atoms with van der Waals surface area (Å²) in [5.74, 6) is 2.85. The van der Waals surface area contributed by atoms with E-state index in [1.807, 2.05) is 36.4 Å². The number of rotatable bonds is 6. The fraction of sp³-hybridized carbons (Fsp3) is 0.250. The summed E-state index contributed by atoms with van der Waals surface area (Å²) in [5, 5.41) is 1.84. The zero-order valence-corrected chi connectivity index (χ0v) is 14.0. The summed E-state index contributed by atoms with van der Waals surface area (Å²) in [4.78, 5) is 0. The second-order valence-electron chi connectivity index (χ2n) is 4.45. The van der Waals surface area contributed by atoms with E-state index >= 15 is 0 Å². The highest BCUT2D eigenvalue weighted by molar-refractivity contribution is 7.94. The van der Waals surface area contributed by atoms with Crippen LogP contribution in [-0.2, 0) is 0 Å². The second-order valence-corrected chi connectivity index (χ2v) is 6.15. The Bertz CT molecular complexity index is 593. The van der Waals surface area contributed by atoms with Gasteiger partial charge < -0.3 is 18.9 Å². The molecule has 4 nitrogen and oxygen atoms in total. The minimum Gasteiger partial charge on any atom is -0.497 e. The van der Waals surface area contributed by atoms with Crippen LogP contribution in [0.2, 0.25) is 0 Å². The lowest BCUT2D eigenvalue weighted by Crippen LogP contribution is -2.16. The number of ether oxygens (including phenoxy) is 4. The predicted octanol–water partition coefficient (Wildman–Crippen LogP) is 2.24. The van der Waals surface area contributed by atoms with E-state index in [4.69, 9.17) is 26.5 Å². The lowest BCUT2D eigenvalue weighted by atomic mass is 10.3. The Morgan fingerprint density at radius 2 is 1.09 bits per heavy atom. The third kappa shape index (κ3) is 3.31. The van der Waals surface area contributed by atoms with Gasteiger partial charge in [-0.3, -0.25) is 0 Å². The number of hydrogen-bond donors (Lipinski definition) is 0. The van der Waals surface area contributed by atoms with E-state index in [2.05, 4.69) is 0 Å². The molecule has 6 heteroatoms. The van der Waals surface area contributed by atoms with Crippen LogP contribution < -0.4 is 29.6 Å². The molecular weight excluding hydrogens is 298 g/mol. The Morgan fingerprint density at radius 1 is 0.682 bits per heavy atom. The van der Waals surface area contributed by atoms with Gasteiger partial charge in [0.05, 0.1) is 28.4 Å². The molecule has 22 heavy (non-hydrogen) atoms. The number of methoxy groups -OCH3 is 4. The van der Waals surface area contributed by atoms with Crippen LogP contribution in [-0.4, -0.2) is 36.0 Å². The van der Waals surface area contributed by atoms with Crippen LogP contribution in [0.1, 0.15) is 0 Å². The first-order valence-electron chi connectivity index (χ1n) is 6.63. The van der Waals surface area contributed by atoms with Gasteiger partial charge in [-0.2, -0.15) is 0 Å². The summed E-state index contributed by atoms with van der Waals surface area (Å²) in [7, 11) is 11.8. The van der Waals surface area contributed by atoms with Crippen LogP contribution in [0.15, 0.2) is 36.4 Å². The topological polar surface area (TPSA) is 36.9 Å². The van der Waals surface area contributed by atoms with Crippen molar-refractivity contribution in [2.75, 3.05) is 28.4 Å². The molecule has 0 aliphatic rings. The van der Waals surface area contributed by atoms with Gasteiger partial charge in [0.2, 0.25) is 0 Å². The summed E-state index contributed by atoms with van der Waals surface area (Å²) >= 11 is 0. The molecular formula is C16H18BO4P. The lowest BCUT2D eigenvalue weighted by Gasteiger charge is -2.20. The van der Waals surface area contributed by atoms with Gasteiger partial charge in [0.15, 0.2) is 0 Å². The standard InChI is InChI=1S/C16H18BO4P/c1-18-11-5-7-15(13(9-11)20-3)22(17)16-8-6-12(19-2)10-14(16)21-4/h5-10H,1-4H3. The molecule has 2 aromatic carbocycles. The van der Waals surface area contributed by atoms with Gasteiger partial charge in [-0.1, -0.05) is 7.80 Å². The van der Waals surface area contributed by atoms with Crippen LogP contribution in [0.25, 0.3) is 0 Å². The molecule has 0 spiro atoms. The Hall–Kier alpha value is -1.87. The summed E-state index contributed by atoms with van der Waals surface area (Å²) in [6, 6.07) is 11.2. The second kappa shape index (κ2) is 7.41. The normalized spacial score (nSPS) is 10.4. The highest BCUT2D eigenvalue weighted by Crippen LogP contribution is 2.37. The Labute approximate surface area is 133 Å². The maximum absolute atomic E-state index is 6.48. The molecule has 2 rings (SSSR count). The van der Waals surface area contributed by atoms with Crippen molar-refractivity contribution in [2.24, 2.45) is 0 Å². The molecule has 0 aromatic heterocycles. The number of hydrogen-bond acceptors (Lipinski definition) is 4. The fourth-order valence-electron chi connectivity index (χ4n) is 2.10. The molecule has 0 fully saturated rings. The highest BCUT2D eigenvalue weighted by atomic mass is 31.1. The third-order valence-electron chi connectivity index (χ3n) is 3.29. The minimum atomic E-state index is -1.12. The maximum atomic E-state index is 6.48. The van der Waals surface area contributed by atoms with Gasteiger partial charge >= 0.3 is 0 Å². The fourth-order valence-corrected chi connectivity index (χ4v) is 3.61. The van der Waals surface area contributed by atoms with Crippen molar-refractivity contribution in [3.8, 4) is 23.0 Å². The molecule has 0 unspecified atom stereocenters. The largest absolute Gasteiger partial charge is 0.497 e. The smallest absolute Gasteiger partial charge is 0.129 e. The monoisotopic (exact) mass is 316 g/mol. The molecule has 0 atom stereocenters. The molecule has 0 saturated carbocycles. The molecule has 0 aliphatic carbocycles. The summed E-state index contributed by atoms with van der Waals surface area (Å²) < 4.78 is 21.3. The van der Waals surface area contributed by atoms with Crippen molar-refractivity contribution in [2.45, 2.75) is 0 Å². The predicted molar refractivity (Wildman–Crippen MR) is 91.0 cm³/mol. The SMILES string of the molecule is [B]P(c1ccc(OC)cc1OC)c1ccc(OC)cc1OC. The Kier molecular flexibility index (Phi) is 5.56. The van der Waals surface area contributed by atoms with Crippen molar-refractivity contribution in [3.63, 3.8) is 0 Å². The van der Waals surface area contributed by atoms with Crippen molar-refractivity contribution in [1.82, 2.24) is 0 Å². The van der Waals surface area contributed by atoms with Crippen LogP contribution >= 0.6 is 7.80 Å². The summed E-state index contributed by atoms with van der Waals surface area (Å²) in [6.07, 6.45) is 0. The van der Waals surface area contributed by atoms with E-state index in [1.54, 1.807) is 28.4 Å². The summed E-state index contributed by atoms with van der Waals surface area (Å²) in [5.41, 5.74) is 0. The molecule has 114 valence electrons. The van der Waals surface area contributed by atoms with Gasteiger partial charge in [-0.15, -0.1) is 0 Å². The van der Waals surface area contributed by atoms with E-state index in [-0.39, 0.29) is 0 Å². The van der Waals surface area contributed by atoms with Crippen LogP contribution in [0.3, 0.4) is 0 Å². The van der Waals surface area contributed by atoms with E-state index in [0.717, 1.165) is 22.1 Å². The molecule has 2 aromatic rings. The van der Waals surface area contributed by atoms with Crippen molar-refractivity contribution < 1.29 is 18.9 Å². The van der Waals surface area contributed by atoms with Gasteiger partial charge in [0.1, 0.15) is 30.6 Å². The van der Waals surface area contributed by atoms with Crippen LogP contribution in [0, 0.1) is 0 Å². The minimum absolute atomic E-state index is 0.700. The lowest BCUT2D eigenvalue weighted by molar-refractivity contribution is 0.396. The first kappa shape index (κ1) is 16.5. The molecule has 0 heterocycles. The average Bonchev–Trinajstić information content (AvgIpc) is 2.59. The van der Waals surface area contributed by atoms with Crippen molar-refractivity contribution >= 4 is 26.0 Å². The molecule has 0 amide bonds. The third-order valence-corrected chi connectivity index (χ3v) is 5.07. The Morgan fingerprint density at radius 3 is 1.41 bits per heavy atom. The van der Waals surface area contributed by atoms with Gasteiger partial charge in [-0.25, -0.2) is 0 Å². The van der Waals surface area contributed by atoms with E-state index < -0.39 is 7.80 Å². The highest BCUT2D eigenvalue weighted by Gasteiger charge is 2.17. The number of benzene rings is 2. The Balaban J connectivity index is 2.45. The van der Waals surface area contributed by atoms with Gasteiger partial charge in [-0.05, 0) is 24.3 Å². The van der Waals surface area contributed by atoms with Crippen molar-refractivity contribution in [3.05, 3.63) is 36.4 Å². The van der Waals surface area contributed by atoms with E-state index in [1.165, 1.54) is 0 Å². The van der Waals surface area contributed by atoms with E-state index in [9.17, 15) is 0 Å². The van der Waals surface area contributed by atoms with Crippen LogP contribution in [0.4, 0.5) is 0 Å². The van der Waals surface area contributed by atoms with Gasteiger partial charge in [0, 0.05) is 22.7 Å². The first-order chi connectivity index (χ1) is 10.6. The first-order valence-corrected chi connectivity index (χ1v) is 8.04. The molecule has 0 N–H and O–H groups in total. The molecule has 0 aliphatic heterocycles. The van der Waals surface area contributed by atoms with E-state index in [0.29, 0.717) is 11.5 Å². The zero-order chi connectivity index (χ0) is 16.1. The zero-order valence-electron chi connectivity index (χ0n) is 13.1. The maximum Gasteiger partial charge on any atom is 0.129 e. The molecule has 0 saturated heterocycles. The van der Waals surface area contributed by atoms with Crippen molar-refractivity contribution in [1.29, 1.82) is 0 Å². The van der Waals surface area contributed by atoms with Gasteiger partial charge in [0.25, 0.3) is 0 Å². The average molecular weight is 316 g/mol. The summed E-state index contributed by atoms with van der Waals surface area (Å²) in [6.45, 7) is 0. The molecule has 2 radical (unpaired) electrons.